The van der Waals surface area contributed by atoms with Crippen molar-refractivity contribution in [3.05, 3.63) is 59.5 Å². The van der Waals surface area contributed by atoms with Gasteiger partial charge in [-0.1, -0.05) is 30.3 Å². The molecule has 1 aromatic heterocycles. The van der Waals surface area contributed by atoms with E-state index in [2.05, 4.69) is 5.32 Å². The molecule has 1 atom stereocenters. The van der Waals surface area contributed by atoms with E-state index in [1.165, 1.54) is 0 Å². The van der Waals surface area contributed by atoms with Gasteiger partial charge in [0.1, 0.15) is 12.3 Å². The maximum atomic E-state index is 11.9. The number of carbonyl (C=O) groups excluding carboxylic acids is 1. The van der Waals surface area contributed by atoms with E-state index in [9.17, 15) is 4.79 Å². The van der Waals surface area contributed by atoms with Crippen LogP contribution in [0.1, 0.15) is 17.1 Å². The Morgan fingerprint density at radius 2 is 1.95 bits per heavy atom. The predicted molar refractivity (Wildman–Crippen MR) is 77.2 cm³/mol. The Labute approximate surface area is 119 Å². The third-order valence-electron chi connectivity index (χ3n) is 3.07. The largest absolute Gasteiger partial charge is 0.460 e. The van der Waals surface area contributed by atoms with Crippen LogP contribution in [0, 0.1) is 6.92 Å². The van der Waals surface area contributed by atoms with Crippen molar-refractivity contribution in [2.75, 3.05) is 13.6 Å². The van der Waals surface area contributed by atoms with Gasteiger partial charge in [0, 0.05) is 6.54 Å². The highest BCUT2D eigenvalue weighted by Gasteiger charge is 2.12. The van der Waals surface area contributed by atoms with Gasteiger partial charge in [-0.2, -0.15) is 0 Å². The lowest BCUT2D eigenvalue weighted by atomic mass is 10.2. The molecule has 1 amide bonds. The first kappa shape index (κ1) is 14.3. The van der Waals surface area contributed by atoms with Crippen LogP contribution in [-0.4, -0.2) is 19.5 Å². The van der Waals surface area contributed by atoms with Crippen LogP contribution in [-0.2, 0) is 17.9 Å². The van der Waals surface area contributed by atoms with Crippen LogP contribution in [0.15, 0.2) is 46.9 Å². The molecule has 0 aliphatic carbocycles. The molecule has 2 N–H and O–H groups in total. The van der Waals surface area contributed by atoms with E-state index < -0.39 is 0 Å². The van der Waals surface area contributed by atoms with E-state index in [0.29, 0.717) is 19.6 Å². The molecule has 2 aromatic rings. The highest BCUT2D eigenvalue weighted by molar-refractivity contribution is 5.76. The second-order valence-corrected chi connectivity index (χ2v) is 5.09. The lowest BCUT2D eigenvalue weighted by Crippen LogP contribution is -3.08. The number of furan rings is 1. The van der Waals surface area contributed by atoms with Crippen LogP contribution in [0.5, 0.6) is 0 Å². The molecule has 0 saturated carbocycles. The fourth-order valence-corrected chi connectivity index (χ4v) is 2.07. The minimum Gasteiger partial charge on any atom is -0.460 e. The normalized spacial score (nSPS) is 12.1. The van der Waals surface area contributed by atoms with Crippen molar-refractivity contribution in [2.45, 2.75) is 20.0 Å². The summed E-state index contributed by atoms with van der Waals surface area (Å²) >= 11 is 0. The maximum absolute atomic E-state index is 11.9. The van der Waals surface area contributed by atoms with Crippen molar-refractivity contribution >= 4 is 5.91 Å². The van der Waals surface area contributed by atoms with Gasteiger partial charge in [0.2, 0.25) is 0 Å². The van der Waals surface area contributed by atoms with E-state index >= 15 is 0 Å². The lowest BCUT2D eigenvalue weighted by molar-refractivity contribution is -0.886. The molecule has 0 aliphatic rings. The van der Waals surface area contributed by atoms with Crippen LogP contribution in [0.25, 0.3) is 0 Å². The zero-order chi connectivity index (χ0) is 14.4. The van der Waals surface area contributed by atoms with Crippen LogP contribution in [0.2, 0.25) is 0 Å². The predicted octanol–water partition coefficient (Wildman–Crippen LogP) is 0.919. The second kappa shape index (κ2) is 6.91. The fraction of sp³-hybridized carbons (Fsp3) is 0.312. The molecule has 106 valence electrons. The summed E-state index contributed by atoms with van der Waals surface area (Å²) in [6.45, 7) is 3.65. The Morgan fingerprint density at radius 3 is 2.60 bits per heavy atom. The summed E-state index contributed by atoms with van der Waals surface area (Å²) in [4.78, 5) is 13.0. The third-order valence-corrected chi connectivity index (χ3v) is 3.07. The number of benzene rings is 1. The van der Waals surface area contributed by atoms with Crippen LogP contribution >= 0.6 is 0 Å². The molecule has 20 heavy (non-hydrogen) atoms. The van der Waals surface area contributed by atoms with Gasteiger partial charge in [-0.25, -0.2) is 0 Å². The van der Waals surface area contributed by atoms with Crippen molar-refractivity contribution in [1.29, 1.82) is 0 Å². The maximum Gasteiger partial charge on any atom is 0.275 e. The average Bonchev–Trinajstić information content (AvgIpc) is 2.83. The quantitative estimate of drug-likeness (QED) is 0.822. The number of hydrogen-bond donors (Lipinski definition) is 2. The van der Waals surface area contributed by atoms with Crippen LogP contribution in [0.3, 0.4) is 0 Å². The van der Waals surface area contributed by atoms with Crippen molar-refractivity contribution in [3.8, 4) is 0 Å². The first-order chi connectivity index (χ1) is 9.63. The zero-order valence-corrected chi connectivity index (χ0v) is 12.0. The number of carbonyl (C=O) groups is 1. The first-order valence-corrected chi connectivity index (χ1v) is 6.81. The number of amides is 1. The number of hydrogen-bond acceptors (Lipinski definition) is 2. The summed E-state index contributed by atoms with van der Waals surface area (Å²) in [7, 11) is 1.99. The van der Waals surface area contributed by atoms with Gasteiger partial charge in [-0.15, -0.1) is 0 Å². The average molecular weight is 273 g/mol. The Kier molecular flexibility index (Phi) is 4.96. The second-order valence-electron chi connectivity index (χ2n) is 5.09. The van der Waals surface area contributed by atoms with E-state index in [-0.39, 0.29) is 5.91 Å². The smallest absolute Gasteiger partial charge is 0.275 e. The van der Waals surface area contributed by atoms with Crippen molar-refractivity contribution in [2.24, 2.45) is 0 Å². The monoisotopic (exact) mass is 273 g/mol. The topological polar surface area (TPSA) is 46.7 Å². The highest BCUT2D eigenvalue weighted by Crippen LogP contribution is 2.03. The van der Waals surface area contributed by atoms with Gasteiger partial charge in [0.25, 0.3) is 5.91 Å². The molecule has 0 saturated heterocycles. The van der Waals surface area contributed by atoms with Gasteiger partial charge >= 0.3 is 0 Å². The van der Waals surface area contributed by atoms with Gasteiger partial charge in [-0.05, 0) is 24.6 Å². The summed E-state index contributed by atoms with van der Waals surface area (Å²) in [5, 5.41) is 2.93. The molecule has 1 unspecified atom stereocenters. The number of aryl methyl sites for hydroxylation is 1. The standard InChI is InChI=1S/C16H20N2O2/c1-13-8-9-15(20-13)11-18(2)12-16(19)17-10-14-6-4-3-5-7-14/h3-9H,10-12H2,1-2H3,(H,17,19)/p+1. The molecule has 0 aliphatic heterocycles. The van der Waals surface area contributed by atoms with E-state index in [0.717, 1.165) is 22.0 Å². The third kappa shape index (κ3) is 4.55. The van der Waals surface area contributed by atoms with Crippen molar-refractivity contribution in [3.63, 3.8) is 0 Å². The number of rotatable bonds is 6. The molecule has 0 fully saturated rings. The Bertz CT molecular complexity index is 549. The summed E-state index contributed by atoms with van der Waals surface area (Å²) in [6, 6.07) is 13.8. The molecule has 4 heteroatoms. The van der Waals surface area contributed by atoms with Gasteiger partial charge in [-0.3, -0.25) is 4.79 Å². The van der Waals surface area contributed by atoms with E-state index in [1.54, 1.807) is 0 Å². The molecule has 1 aromatic carbocycles. The minimum absolute atomic E-state index is 0.0506. The zero-order valence-electron chi connectivity index (χ0n) is 12.0. The number of quaternary nitrogens is 1. The minimum atomic E-state index is 0.0506. The van der Waals surface area contributed by atoms with Gasteiger partial charge in [0.15, 0.2) is 12.3 Å². The van der Waals surface area contributed by atoms with Gasteiger partial charge < -0.3 is 14.6 Å². The summed E-state index contributed by atoms with van der Waals surface area (Å²) in [6.07, 6.45) is 0. The number of likely N-dealkylation sites (N-methyl/N-ethyl adjacent to an activating group) is 1. The summed E-state index contributed by atoms with van der Waals surface area (Å²) < 4.78 is 5.51. The van der Waals surface area contributed by atoms with Crippen LogP contribution < -0.4 is 10.2 Å². The molecule has 4 nitrogen and oxygen atoms in total. The van der Waals surface area contributed by atoms with Gasteiger partial charge in [0.05, 0.1) is 7.05 Å². The first-order valence-electron chi connectivity index (χ1n) is 6.81. The van der Waals surface area contributed by atoms with E-state index in [1.807, 2.05) is 56.4 Å². The van der Waals surface area contributed by atoms with Crippen molar-refractivity contribution in [1.82, 2.24) is 5.32 Å². The van der Waals surface area contributed by atoms with Crippen LogP contribution in [0.4, 0.5) is 0 Å². The molecule has 2 rings (SSSR count). The lowest BCUT2D eigenvalue weighted by Gasteiger charge is -2.12. The SMILES string of the molecule is Cc1ccc(C[NH+](C)CC(=O)NCc2ccccc2)o1. The Morgan fingerprint density at radius 1 is 1.20 bits per heavy atom. The molecule has 1 heterocycles. The molecule has 0 spiro atoms. The number of nitrogens with one attached hydrogen (secondary N) is 2. The molecular weight excluding hydrogens is 252 g/mol. The van der Waals surface area contributed by atoms with E-state index in [4.69, 9.17) is 4.42 Å². The Hall–Kier alpha value is -2.07. The highest BCUT2D eigenvalue weighted by atomic mass is 16.3. The molecule has 0 radical (unpaired) electrons. The Balaban J connectivity index is 1.73. The summed E-state index contributed by atoms with van der Waals surface area (Å²) in [5.74, 6) is 1.87. The van der Waals surface area contributed by atoms with Crippen molar-refractivity contribution < 1.29 is 14.1 Å². The molecule has 0 bridgehead atoms. The molecular formula is C16H21N2O2+. The summed E-state index contributed by atoms with van der Waals surface area (Å²) in [5.41, 5.74) is 1.11. The fourth-order valence-electron chi connectivity index (χ4n) is 2.07.